The van der Waals surface area contributed by atoms with Crippen molar-refractivity contribution in [3.63, 3.8) is 0 Å². The lowest BCUT2D eigenvalue weighted by Gasteiger charge is -2.13. The summed E-state index contributed by atoms with van der Waals surface area (Å²) < 4.78 is 38.5. The van der Waals surface area contributed by atoms with E-state index in [2.05, 4.69) is 46.2 Å². The van der Waals surface area contributed by atoms with Gasteiger partial charge in [-0.05, 0) is 60.6 Å². The number of anilines is 2. The zero-order valence-corrected chi connectivity index (χ0v) is 20.7. The van der Waals surface area contributed by atoms with Crippen molar-refractivity contribution in [3.05, 3.63) is 46.7 Å². The van der Waals surface area contributed by atoms with E-state index in [0.717, 1.165) is 20.9 Å². The highest BCUT2D eigenvalue weighted by Crippen LogP contribution is 2.34. The van der Waals surface area contributed by atoms with Gasteiger partial charge in [0.25, 0.3) is 0 Å². The number of hydrogen-bond donors (Lipinski definition) is 3. The number of aromatic nitrogens is 3. The van der Waals surface area contributed by atoms with E-state index < -0.39 is 17.2 Å². The molecule has 2 heterocycles. The van der Waals surface area contributed by atoms with Crippen LogP contribution in [-0.2, 0) is 21.1 Å². The van der Waals surface area contributed by atoms with Crippen LogP contribution in [0, 0.1) is 0 Å². The first kappa shape index (κ1) is 23.6. The maximum absolute atomic E-state index is 12.2. The lowest BCUT2D eigenvalue weighted by atomic mass is 10.2. The summed E-state index contributed by atoms with van der Waals surface area (Å²) in [7, 11) is -4.30. The van der Waals surface area contributed by atoms with Crippen molar-refractivity contribution in [1.29, 1.82) is 0 Å². The molecule has 166 valence electrons. The van der Waals surface area contributed by atoms with E-state index in [4.69, 9.17) is 0 Å². The fourth-order valence-electron chi connectivity index (χ4n) is 2.74. The molecule has 0 bridgehead atoms. The van der Waals surface area contributed by atoms with Crippen molar-refractivity contribution in [2.24, 2.45) is 0 Å². The van der Waals surface area contributed by atoms with Crippen molar-refractivity contribution >= 4 is 61.1 Å². The van der Waals surface area contributed by atoms with Crippen molar-refractivity contribution in [3.8, 4) is 0 Å². The maximum atomic E-state index is 12.2. The minimum atomic E-state index is -3.33. The first-order valence-electron chi connectivity index (χ1n) is 9.45. The Balaban J connectivity index is 1.83. The summed E-state index contributed by atoms with van der Waals surface area (Å²) in [5.74, 6) is 0.806. The topological polar surface area (TPSA) is 126 Å². The molecule has 1 aromatic carbocycles. The van der Waals surface area contributed by atoms with E-state index in [9.17, 15) is 13.0 Å². The van der Waals surface area contributed by atoms with Gasteiger partial charge in [0.2, 0.25) is 16.0 Å². The molecule has 3 aromatic rings. The number of para-hydroxylation sites is 1. The van der Waals surface area contributed by atoms with Gasteiger partial charge >= 0.3 is 0 Å². The van der Waals surface area contributed by atoms with Crippen molar-refractivity contribution in [1.82, 2.24) is 19.7 Å². The number of pyridine rings is 1. The molecular weight excluding hydrogens is 503 g/mol. The Hall–Kier alpha value is -2.07. The predicted molar refractivity (Wildman–Crippen MR) is 129 cm³/mol. The SMILES string of the molecule is CNS(=O)(=O)CCNc1nc(NCc2ccc(P(C)(C)=O)cn2)c2cccc(Br)c2n1. The van der Waals surface area contributed by atoms with E-state index in [1.165, 1.54) is 7.05 Å². The standard InChI is InChI=1S/C19H24BrN6O3PS/c1-21-31(28,29)10-9-22-19-25-17-15(5-4-6-16(17)20)18(26-19)24-11-13-7-8-14(12-23-13)30(2,3)27/h4-8,12,21H,9-11H2,1-3H3,(H2,22,24,25,26). The molecule has 0 amide bonds. The Labute approximate surface area is 190 Å². The number of sulfonamides is 1. The summed E-state index contributed by atoms with van der Waals surface area (Å²) in [4.78, 5) is 13.4. The van der Waals surface area contributed by atoms with Crippen LogP contribution in [0.1, 0.15) is 5.69 Å². The van der Waals surface area contributed by atoms with E-state index in [0.29, 0.717) is 23.8 Å². The number of rotatable bonds is 9. The Kier molecular flexibility index (Phi) is 7.31. The number of fused-ring (bicyclic) bond motifs is 1. The number of halogens is 1. The molecule has 0 spiro atoms. The van der Waals surface area contributed by atoms with Gasteiger partial charge in [-0.15, -0.1) is 0 Å². The van der Waals surface area contributed by atoms with Gasteiger partial charge in [0.1, 0.15) is 13.0 Å². The number of hydrogen-bond acceptors (Lipinski definition) is 8. The fourth-order valence-corrected chi connectivity index (χ4v) is 4.54. The first-order chi connectivity index (χ1) is 14.6. The minimum Gasteiger partial charge on any atom is -0.364 e. The average Bonchev–Trinajstić information content (AvgIpc) is 2.72. The third kappa shape index (κ3) is 6.22. The first-order valence-corrected chi connectivity index (χ1v) is 14.5. The van der Waals surface area contributed by atoms with Crippen LogP contribution in [0.2, 0.25) is 0 Å². The molecule has 0 atom stereocenters. The molecule has 0 aliphatic carbocycles. The second-order valence-corrected chi connectivity index (χ2v) is 13.3. The molecule has 0 fully saturated rings. The van der Waals surface area contributed by atoms with Crippen LogP contribution in [0.25, 0.3) is 10.9 Å². The van der Waals surface area contributed by atoms with Gasteiger partial charge in [-0.25, -0.2) is 18.1 Å². The molecule has 3 rings (SSSR count). The van der Waals surface area contributed by atoms with Gasteiger partial charge in [0.05, 0.1) is 23.5 Å². The summed E-state index contributed by atoms with van der Waals surface area (Å²) >= 11 is 3.51. The number of benzene rings is 1. The van der Waals surface area contributed by atoms with E-state index in [-0.39, 0.29) is 12.3 Å². The van der Waals surface area contributed by atoms with Crippen LogP contribution in [0.4, 0.5) is 11.8 Å². The third-order valence-electron chi connectivity index (χ3n) is 4.51. The van der Waals surface area contributed by atoms with Gasteiger partial charge in [-0.3, -0.25) is 4.98 Å². The van der Waals surface area contributed by atoms with Crippen LogP contribution in [-0.4, -0.2) is 56.0 Å². The highest BCUT2D eigenvalue weighted by Gasteiger charge is 2.13. The molecule has 9 nitrogen and oxygen atoms in total. The van der Waals surface area contributed by atoms with Gasteiger partial charge < -0.3 is 15.2 Å². The van der Waals surface area contributed by atoms with Crippen molar-refractivity contribution in [2.45, 2.75) is 6.54 Å². The Morgan fingerprint density at radius 3 is 2.52 bits per heavy atom. The second-order valence-electron chi connectivity index (χ2n) is 7.19. The number of nitrogens with one attached hydrogen (secondary N) is 3. The van der Waals surface area contributed by atoms with E-state index in [1.54, 1.807) is 19.5 Å². The van der Waals surface area contributed by atoms with Gasteiger partial charge in [-0.2, -0.15) is 4.98 Å². The van der Waals surface area contributed by atoms with Crippen LogP contribution >= 0.6 is 23.1 Å². The molecule has 0 unspecified atom stereocenters. The molecule has 0 aliphatic heterocycles. The molecule has 0 saturated carbocycles. The minimum absolute atomic E-state index is 0.0986. The lowest BCUT2D eigenvalue weighted by molar-refractivity contribution is 0.587. The van der Waals surface area contributed by atoms with Crippen LogP contribution in [0.5, 0.6) is 0 Å². The van der Waals surface area contributed by atoms with E-state index in [1.807, 2.05) is 30.3 Å². The average molecular weight is 527 g/mol. The lowest BCUT2D eigenvalue weighted by Crippen LogP contribution is -2.26. The van der Waals surface area contributed by atoms with Crippen LogP contribution in [0.15, 0.2) is 41.0 Å². The normalized spacial score (nSPS) is 12.1. The summed E-state index contributed by atoms with van der Waals surface area (Å²) in [6.45, 7) is 3.99. The third-order valence-corrected chi connectivity index (χ3v) is 8.02. The molecule has 0 aliphatic rings. The van der Waals surface area contributed by atoms with Crippen LogP contribution < -0.4 is 20.7 Å². The second kappa shape index (κ2) is 9.60. The maximum Gasteiger partial charge on any atom is 0.225 e. The van der Waals surface area contributed by atoms with E-state index >= 15 is 0 Å². The summed E-state index contributed by atoms with van der Waals surface area (Å²) in [6.07, 6.45) is 1.64. The van der Waals surface area contributed by atoms with Gasteiger partial charge in [0.15, 0.2) is 0 Å². The summed E-state index contributed by atoms with van der Waals surface area (Å²) in [5, 5.41) is 7.78. The van der Waals surface area contributed by atoms with Crippen LogP contribution in [0.3, 0.4) is 0 Å². The Morgan fingerprint density at radius 2 is 1.87 bits per heavy atom. The highest BCUT2D eigenvalue weighted by molar-refractivity contribution is 9.10. The summed E-state index contributed by atoms with van der Waals surface area (Å²) in [5.41, 5.74) is 1.47. The smallest absolute Gasteiger partial charge is 0.225 e. The molecule has 3 N–H and O–H groups in total. The quantitative estimate of drug-likeness (QED) is 0.363. The Bertz CT molecular complexity index is 1230. The predicted octanol–water partition coefficient (Wildman–Crippen LogP) is 2.61. The zero-order chi connectivity index (χ0) is 22.6. The van der Waals surface area contributed by atoms with Gasteiger partial charge in [-0.1, -0.05) is 6.07 Å². The Morgan fingerprint density at radius 1 is 1.10 bits per heavy atom. The van der Waals surface area contributed by atoms with Gasteiger partial charge in [0, 0.05) is 27.9 Å². The molecule has 0 saturated heterocycles. The van der Waals surface area contributed by atoms with Crippen molar-refractivity contribution < 1.29 is 13.0 Å². The number of nitrogens with zero attached hydrogens (tertiary/aromatic N) is 3. The monoisotopic (exact) mass is 526 g/mol. The fraction of sp³-hybridized carbons (Fsp3) is 0.316. The molecule has 12 heteroatoms. The molecule has 0 radical (unpaired) electrons. The summed E-state index contributed by atoms with van der Waals surface area (Å²) in [6, 6.07) is 9.33. The zero-order valence-electron chi connectivity index (χ0n) is 17.4. The van der Waals surface area contributed by atoms with Crippen molar-refractivity contribution in [2.75, 3.05) is 43.3 Å². The molecule has 31 heavy (non-hydrogen) atoms. The largest absolute Gasteiger partial charge is 0.364 e. The molecular formula is C19H24BrN6O3PS. The highest BCUT2D eigenvalue weighted by atomic mass is 79.9. The molecule has 2 aromatic heterocycles.